The average Bonchev–Trinajstić information content (AvgIpc) is 2.38. The van der Waals surface area contributed by atoms with E-state index in [4.69, 9.17) is 0 Å². The van der Waals surface area contributed by atoms with Gasteiger partial charge in [0.1, 0.15) is 0 Å². The normalized spacial score (nSPS) is 24.2. The number of ketones is 1. The second kappa shape index (κ2) is 5.59. The first-order valence-corrected chi connectivity index (χ1v) is 6.73. The lowest BCUT2D eigenvalue weighted by molar-refractivity contribution is 0.0854. The fourth-order valence-corrected chi connectivity index (χ4v) is 2.84. The summed E-state index contributed by atoms with van der Waals surface area (Å²) < 4.78 is 13.5. The predicted molar refractivity (Wildman–Crippen MR) is 68.8 cm³/mol. The first kappa shape index (κ1) is 13.2. The maximum Gasteiger partial charge on any atom is 0.168 e. The molecule has 0 saturated heterocycles. The van der Waals surface area contributed by atoms with Gasteiger partial charge in [-0.1, -0.05) is 13.8 Å². The van der Waals surface area contributed by atoms with Crippen LogP contribution in [-0.4, -0.2) is 10.8 Å². The number of nitrogens with zero attached hydrogens (tertiary/aromatic N) is 1. The van der Waals surface area contributed by atoms with Gasteiger partial charge >= 0.3 is 0 Å². The molecular weight excluding hydrogens is 229 g/mol. The molecule has 0 spiro atoms. The summed E-state index contributed by atoms with van der Waals surface area (Å²) in [5.74, 6) is 0.859. The third kappa shape index (κ3) is 2.77. The van der Waals surface area contributed by atoms with Crippen molar-refractivity contribution in [2.45, 2.75) is 39.5 Å². The number of Topliss-reactive ketones (excluding diaryl/α,β-unsaturated/α-hetero) is 1. The van der Waals surface area contributed by atoms with Crippen molar-refractivity contribution in [1.29, 1.82) is 0 Å². The van der Waals surface area contributed by atoms with Gasteiger partial charge in [0, 0.05) is 12.1 Å². The summed E-state index contributed by atoms with van der Waals surface area (Å²) >= 11 is 0. The molecule has 0 aliphatic heterocycles. The van der Waals surface area contributed by atoms with Gasteiger partial charge in [-0.2, -0.15) is 0 Å². The van der Waals surface area contributed by atoms with Crippen molar-refractivity contribution in [1.82, 2.24) is 4.98 Å². The van der Waals surface area contributed by atoms with Gasteiger partial charge in [0.2, 0.25) is 0 Å². The SMILES string of the molecule is CC(C)C1CCC(C(=O)c2ccncc2F)CC1. The summed E-state index contributed by atoms with van der Waals surface area (Å²) in [6.07, 6.45) is 6.55. The summed E-state index contributed by atoms with van der Waals surface area (Å²) in [5, 5.41) is 0. The van der Waals surface area contributed by atoms with E-state index in [0.717, 1.165) is 37.8 Å². The number of hydrogen-bond acceptors (Lipinski definition) is 2. The van der Waals surface area contributed by atoms with Gasteiger partial charge in [0.05, 0.1) is 11.8 Å². The van der Waals surface area contributed by atoms with Crippen LogP contribution in [0.2, 0.25) is 0 Å². The topological polar surface area (TPSA) is 30.0 Å². The first-order chi connectivity index (χ1) is 8.59. The molecule has 1 aliphatic rings. The fraction of sp³-hybridized carbons (Fsp3) is 0.600. The molecule has 0 aromatic carbocycles. The Hall–Kier alpha value is -1.25. The van der Waals surface area contributed by atoms with E-state index >= 15 is 0 Å². The summed E-state index contributed by atoms with van der Waals surface area (Å²) in [5.41, 5.74) is 0.206. The van der Waals surface area contributed by atoms with Crippen LogP contribution in [0.3, 0.4) is 0 Å². The summed E-state index contributed by atoms with van der Waals surface area (Å²) in [4.78, 5) is 15.9. The molecule has 3 heteroatoms. The lowest BCUT2D eigenvalue weighted by Gasteiger charge is -2.30. The minimum absolute atomic E-state index is 0.00287. The van der Waals surface area contributed by atoms with E-state index in [2.05, 4.69) is 18.8 Å². The molecule has 0 radical (unpaired) electrons. The van der Waals surface area contributed by atoms with Crippen LogP contribution < -0.4 is 0 Å². The molecule has 0 bridgehead atoms. The number of carbonyl (C=O) groups excluding carboxylic acids is 1. The Kier molecular flexibility index (Phi) is 4.10. The Labute approximate surface area is 108 Å². The predicted octanol–water partition coefficient (Wildman–Crippen LogP) is 3.87. The summed E-state index contributed by atoms with van der Waals surface area (Å²) in [7, 11) is 0. The number of aromatic nitrogens is 1. The molecule has 2 nitrogen and oxygen atoms in total. The van der Waals surface area contributed by atoms with Crippen molar-refractivity contribution in [3.63, 3.8) is 0 Å². The van der Waals surface area contributed by atoms with Crippen LogP contribution in [0.15, 0.2) is 18.5 Å². The monoisotopic (exact) mass is 249 g/mol. The lowest BCUT2D eigenvalue weighted by atomic mass is 9.75. The van der Waals surface area contributed by atoms with E-state index < -0.39 is 5.82 Å². The van der Waals surface area contributed by atoms with Crippen LogP contribution in [-0.2, 0) is 0 Å². The average molecular weight is 249 g/mol. The zero-order valence-corrected chi connectivity index (χ0v) is 11.0. The molecule has 1 fully saturated rings. The van der Waals surface area contributed by atoms with Crippen LogP contribution in [0, 0.1) is 23.6 Å². The third-order valence-electron chi connectivity index (χ3n) is 4.12. The molecule has 98 valence electrons. The van der Waals surface area contributed by atoms with E-state index in [1.165, 1.54) is 12.3 Å². The summed E-state index contributed by atoms with van der Waals surface area (Å²) in [6, 6.07) is 1.49. The molecule has 0 unspecified atom stereocenters. The zero-order chi connectivity index (χ0) is 13.1. The highest BCUT2D eigenvalue weighted by Gasteiger charge is 2.29. The molecular formula is C15H20FNO. The number of halogens is 1. The molecule has 1 aromatic rings. The van der Waals surface area contributed by atoms with E-state index in [1.54, 1.807) is 0 Å². The van der Waals surface area contributed by atoms with Gasteiger partial charge in [0.25, 0.3) is 0 Å². The number of carbonyl (C=O) groups is 1. The molecule has 0 N–H and O–H groups in total. The Morgan fingerprint density at radius 3 is 2.56 bits per heavy atom. The maximum atomic E-state index is 13.5. The molecule has 1 saturated carbocycles. The standard InChI is InChI=1S/C15H20FNO/c1-10(2)11-3-5-12(6-4-11)15(18)13-7-8-17-9-14(13)16/h7-12H,3-6H2,1-2H3. The van der Waals surface area contributed by atoms with Crippen LogP contribution in [0.4, 0.5) is 4.39 Å². The lowest BCUT2D eigenvalue weighted by Crippen LogP contribution is -2.24. The minimum atomic E-state index is -0.492. The Morgan fingerprint density at radius 2 is 2.00 bits per heavy atom. The van der Waals surface area contributed by atoms with Gasteiger partial charge < -0.3 is 0 Å². The second-order valence-electron chi connectivity index (χ2n) is 5.58. The van der Waals surface area contributed by atoms with Gasteiger partial charge in [-0.15, -0.1) is 0 Å². The highest BCUT2D eigenvalue weighted by molar-refractivity contribution is 5.98. The van der Waals surface area contributed by atoms with Crippen molar-refractivity contribution in [2.24, 2.45) is 17.8 Å². The third-order valence-corrected chi connectivity index (χ3v) is 4.12. The second-order valence-corrected chi connectivity index (χ2v) is 5.58. The van der Waals surface area contributed by atoms with Crippen molar-refractivity contribution in [3.8, 4) is 0 Å². The van der Waals surface area contributed by atoms with Crippen LogP contribution in [0.5, 0.6) is 0 Å². The molecule has 18 heavy (non-hydrogen) atoms. The Bertz CT molecular complexity index is 422. The van der Waals surface area contributed by atoms with Crippen LogP contribution >= 0.6 is 0 Å². The van der Waals surface area contributed by atoms with E-state index in [9.17, 15) is 9.18 Å². The van der Waals surface area contributed by atoms with Crippen molar-refractivity contribution >= 4 is 5.78 Å². The number of hydrogen-bond donors (Lipinski definition) is 0. The molecule has 0 amide bonds. The molecule has 1 heterocycles. The first-order valence-electron chi connectivity index (χ1n) is 6.73. The fourth-order valence-electron chi connectivity index (χ4n) is 2.84. The van der Waals surface area contributed by atoms with Gasteiger partial charge in [-0.3, -0.25) is 9.78 Å². The van der Waals surface area contributed by atoms with Crippen LogP contribution in [0.25, 0.3) is 0 Å². The zero-order valence-electron chi connectivity index (χ0n) is 11.0. The molecule has 2 rings (SSSR count). The summed E-state index contributed by atoms with van der Waals surface area (Å²) in [6.45, 7) is 4.46. The molecule has 1 aromatic heterocycles. The highest BCUT2D eigenvalue weighted by atomic mass is 19.1. The maximum absolute atomic E-state index is 13.5. The van der Waals surface area contributed by atoms with Crippen molar-refractivity contribution < 1.29 is 9.18 Å². The smallest absolute Gasteiger partial charge is 0.168 e. The van der Waals surface area contributed by atoms with E-state index in [1.807, 2.05) is 0 Å². The largest absolute Gasteiger partial charge is 0.294 e. The quantitative estimate of drug-likeness (QED) is 0.761. The van der Waals surface area contributed by atoms with E-state index in [0.29, 0.717) is 5.92 Å². The van der Waals surface area contributed by atoms with Gasteiger partial charge in [-0.05, 0) is 43.6 Å². The Morgan fingerprint density at radius 1 is 1.33 bits per heavy atom. The molecule has 0 atom stereocenters. The van der Waals surface area contributed by atoms with Crippen molar-refractivity contribution in [3.05, 3.63) is 29.8 Å². The Balaban J connectivity index is 2.02. The number of pyridine rings is 1. The number of rotatable bonds is 3. The molecule has 1 aliphatic carbocycles. The van der Waals surface area contributed by atoms with Gasteiger partial charge in [0.15, 0.2) is 11.6 Å². The minimum Gasteiger partial charge on any atom is -0.294 e. The van der Waals surface area contributed by atoms with Gasteiger partial charge in [-0.25, -0.2) is 4.39 Å². The highest BCUT2D eigenvalue weighted by Crippen LogP contribution is 2.34. The van der Waals surface area contributed by atoms with Crippen LogP contribution in [0.1, 0.15) is 49.9 Å². The van der Waals surface area contributed by atoms with Crippen molar-refractivity contribution in [2.75, 3.05) is 0 Å². The van der Waals surface area contributed by atoms with E-state index in [-0.39, 0.29) is 17.3 Å².